The summed E-state index contributed by atoms with van der Waals surface area (Å²) in [5.41, 5.74) is -0.804. The Balaban J connectivity index is 1.67. The number of nitrogens with one attached hydrogen (secondary N) is 2. The third-order valence-electron chi connectivity index (χ3n) is 4.03. The average Bonchev–Trinajstić information content (AvgIpc) is 2.74. The minimum absolute atomic E-state index is 0.301. The van der Waals surface area contributed by atoms with Crippen LogP contribution >= 0.6 is 0 Å². The van der Waals surface area contributed by atoms with Crippen molar-refractivity contribution in [1.29, 1.82) is 0 Å². The maximum absolute atomic E-state index is 12.8. The molecule has 0 aliphatic carbocycles. The van der Waals surface area contributed by atoms with Crippen LogP contribution in [0.1, 0.15) is 5.56 Å². The quantitative estimate of drug-likeness (QED) is 0.558. The van der Waals surface area contributed by atoms with Crippen molar-refractivity contribution >= 4 is 21.6 Å². The molecule has 0 radical (unpaired) electrons. The molecule has 0 heterocycles. The van der Waals surface area contributed by atoms with Crippen molar-refractivity contribution < 1.29 is 31.1 Å². The van der Waals surface area contributed by atoms with E-state index in [9.17, 15) is 26.4 Å². The SMILES string of the molecule is O=C(CNS(=O)(=O)c1cccc(C(F)(F)F)c1)Nc1ccccc1Oc1ccccc1. The summed E-state index contributed by atoms with van der Waals surface area (Å²) < 4.78 is 70.7. The van der Waals surface area contributed by atoms with Gasteiger partial charge in [-0.25, -0.2) is 13.1 Å². The molecule has 0 saturated carbocycles. The lowest BCUT2D eigenvalue weighted by molar-refractivity contribution is -0.137. The monoisotopic (exact) mass is 450 g/mol. The molecule has 162 valence electrons. The number of hydrogen-bond acceptors (Lipinski definition) is 4. The molecular weight excluding hydrogens is 433 g/mol. The molecule has 0 aliphatic rings. The number of rotatable bonds is 7. The van der Waals surface area contributed by atoms with Crippen molar-refractivity contribution in [3.05, 3.63) is 84.4 Å². The van der Waals surface area contributed by atoms with Crippen LogP contribution in [0.3, 0.4) is 0 Å². The Morgan fingerprint density at radius 1 is 0.903 bits per heavy atom. The largest absolute Gasteiger partial charge is 0.455 e. The number of amides is 1. The van der Waals surface area contributed by atoms with Gasteiger partial charge in [-0.05, 0) is 42.5 Å². The van der Waals surface area contributed by atoms with Crippen molar-refractivity contribution in [2.75, 3.05) is 11.9 Å². The molecule has 0 unspecified atom stereocenters. The molecule has 0 bridgehead atoms. The zero-order valence-corrected chi connectivity index (χ0v) is 16.7. The summed E-state index contributed by atoms with van der Waals surface area (Å²) in [6.07, 6.45) is -4.69. The van der Waals surface area contributed by atoms with Gasteiger partial charge in [-0.3, -0.25) is 4.79 Å². The van der Waals surface area contributed by atoms with Crippen LogP contribution in [0.2, 0.25) is 0 Å². The molecule has 3 rings (SSSR count). The van der Waals surface area contributed by atoms with Gasteiger partial charge < -0.3 is 10.1 Å². The second-order valence-electron chi connectivity index (χ2n) is 6.31. The third-order valence-corrected chi connectivity index (χ3v) is 5.43. The van der Waals surface area contributed by atoms with E-state index in [-0.39, 0.29) is 0 Å². The first-order valence-corrected chi connectivity index (χ1v) is 10.4. The number of benzene rings is 3. The molecule has 0 atom stereocenters. The van der Waals surface area contributed by atoms with E-state index >= 15 is 0 Å². The van der Waals surface area contributed by atoms with Crippen LogP contribution in [-0.4, -0.2) is 20.9 Å². The summed E-state index contributed by atoms with van der Waals surface area (Å²) >= 11 is 0. The number of carbonyl (C=O) groups excluding carboxylic acids is 1. The summed E-state index contributed by atoms with van der Waals surface area (Å²) in [6.45, 7) is -0.682. The van der Waals surface area contributed by atoms with Crippen LogP contribution in [0.5, 0.6) is 11.5 Å². The number of para-hydroxylation sites is 3. The van der Waals surface area contributed by atoms with Crippen molar-refractivity contribution in [3.63, 3.8) is 0 Å². The third kappa shape index (κ3) is 6.06. The first-order valence-electron chi connectivity index (χ1n) is 8.94. The normalized spacial score (nSPS) is 11.7. The Morgan fingerprint density at radius 2 is 1.58 bits per heavy atom. The van der Waals surface area contributed by atoms with Gasteiger partial charge in [0.05, 0.1) is 22.7 Å². The topological polar surface area (TPSA) is 84.5 Å². The standard InChI is InChI=1S/C21H17F3N2O4S/c22-21(23,24)15-7-6-10-17(13-15)31(28,29)25-14-20(27)26-18-11-4-5-12-19(18)30-16-8-2-1-3-9-16/h1-13,25H,14H2,(H,26,27). The van der Waals surface area contributed by atoms with E-state index in [1.165, 1.54) is 0 Å². The molecule has 2 N–H and O–H groups in total. The first-order chi connectivity index (χ1) is 14.6. The molecule has 0 spiro atoms. The number of sulfonamides is 1. The van der Waals surface area contributed by atoms with Crippen molar-refractivity contribution in [2.24, 2.45) is 0 Å². The summed E-state index contributed by atoms with van der Waals surface area (Å²) in [4.78, 5) is 11.7. The van der Waals surface area contributed by atoms with Crippen LogP contribution in [0.25, 0.3) is 0 Å². The first kappa shape index (κ1) is 22.3. The molecule has 3 aromatic carbocycles. The van der Waals surface area contributed by atoms with Gasteiger partial charge in [-0.1, -0.05) is 36.4 Å². The number of hydrogen-bond donors (Lipinski definition) is 2. The van der Waals surface area contributed by atoms with Gasteiger partial charge in [-0.15, -0.1) is 0 Å². The minimum atomic E-state index is -4.69. The fourth-order valence-corrected chi connectivity index (χ4v) is 3.58. The van der Waals surface area contributed by atoms with Crippen LogP contribution in [-0.2, 0) is 21.0 Å². The molecular formula is C21H17F3N2O4S. The average molecular weight is 450 g/mol. The van der Waals surface area contributed by atoms with Gasteiger partial charge in [0.15, 0.2) is 5.75 Å². The van der Waals surface area contributed by atoms with Gasteiger partial charge in [0.2, 0.25) is 15.9 Å². The van der Waals surface area contributed by atoms with Gasteiger partial charge in [-0.2, -0.15) is 13.2 Å². The number of anilines is 1. The zero-order chi connectivity index (χ0) is 22.5. The lowest BCUT2D eigenvalue weighted by atomic mass is 10.2. The second kappa shape index (κ2) is 9.19. The minimum Gasteiger partial charge on any atom is -0.455 e. The van der Waals surface area contributed by atoms with E-state index in [1.807, 2.05) is 10.8 Å². The zero-order valence-electron chi connectivity index (χ0n) is 15.9. The molecule has 0 aliphatic heterocycles. The smallest absolute Gasteiger partial charge is 0.416 e. The summed E-state index contributed by atoms with van der Waals surface area (Å²) in [5.74, 6) is 0.150. The van der Waals surface area contributed by atoms with E-state index in [0.717, 1.165) is 18.2 Å². The molecule has 0 fully saturated rings. The lowest BCUT2D eigenvalue weighted by Gasteiger charge is -2.13. The van der Waals surface area contributed by atoms with Crippen LogP contribution in [0.4, 0.5) is 18.9 Å². The highest BCUT2D eigenvalue weighted by molar-refractivity contribution is 7.89. The molecule has 0 aromatic heterocycles. The van der Waals surface area contributed by atoms with Gasteiger partial charge in [0.25, 0.3) is 0 Å². The highest BCUT2D eigenvalue weighted by Crippen LogP contribution is 2.31. The van der Waals surface area contributed by atoms with Gasteiger partial charge in [0.1, 0.15) is 5.75 Å². The lowest BCUT2D eigenvalue weighted by Crippen LogP contribution is -2.33. The number of alkyl halides is 3. The Bertz CT molecular complexity index is 1170. The molecule has 10 heteroatoms. The maximum atomic E-state index is 12.8. The Kier molecular flexibility index (Phi) is 6.62. The number of carbonyl (C=O) groups is 1. The summed E-state index contributed by atoms with van der Waals surface area (Å²) in [6, 6.07) is 18.6. The Labute approximate surface area is 176 Å². The van der Waals surface area contributed by atoms with E-state index < -0.39 is 39.1 Å². The maximum Gasteiger partial charge on any atom is 0.416 e. The molecule has 3 aromatic rings. The Hall–Kier alpha value is -3.37. The van der Waals surface area contributed by atoms with E-state index in [4.69, 9.17) is 4.74 Å². The predicted molar refractivity (Wildman–Crippen MR) is 108 cm³/mol. The van der Waals surface area contributed by atoms with E-state index in [0.29, 0.717) is 23.3 Å². The van der Waals surface area contributed by atoms with Crippen molar-refractivity contribution in [1.82, 2.24) is 4.72 Å². The van der Waals surface area contributed by atoms with Crippen molar-refractivity contribution in [2.45, 2.75) is 11.1 Å². The summed E-state index contributed by atoms with van der Waals surface area (Å²) in [5, 5.41) is 2.52. The molecule has 6 nitrogen and oxygen atoms in total. The number of halogens is 3. The van der Waals surface area contributed by atoms with Gasteiger partial charge >= 0.3 is 6.18 Å². The number of ether oxygens (including phenoxy) is 1. The fraction of sp³-hybridized carbons (Fsp3) is 0.0952. The molecule has 0 saturated heterocycles. The Morgan fingerprint density at radius 3 is 2.29 bits per heavy atom. The van der Waals surface area contributed by atoms with E-state index in [2.05, 4.69) is 5.32 Å². The molecule has 31 heavy (non-hydrogen) atoms. The molecule has 1 amide bonds. The predicted octanol–water partition coefficient (Wildman–Crippen LogP) is 4.41. The van der Waals surface area contributed by atoms with Crippen molar-refractivity contribution in [3.8, 4) is 11.5 Å². The van der Waals surface area contributed by atoms with Crippen LogP contribution in [0.15, 0.2) is 83.8 Å². The highest BCUT2D eigenvalue weighted by Gasteiger charge is 2.31. The van der Waals surface area contributed by atoms with Crippen LogP contribution in [0, 0.1) is 0 Å². The van der Waals surface area contributed by atoms with Gasteiger partial charge in [0, 0.05) is 0 Å². The highest BCUT2D eigenvalue weighted by atomic mass is 32.2. The summed E-state index contributed by atoms with van der Waals surface area (Å²) in [7, 11) is -4.33. The van der Waals surface area contributed by atoms with E-state index in [1.54, 1.807) is 48.5 Å². The van der Waals surface area contributed by atoms with Crippen LogP contribution < -0.4 is 14.8 Å². The fourth-order valence-electron chi connectivity index (χ4n) is 2.55. The second-order valence-corrected chi connectivity index (χ2v) is 8.08.